The van der Waals surface area contributed by atoms with Crippen molar-refractivity contribution in [3.8, 4) is 17.1 Å². The van der Waals surface area contributed by atoms with Crippen LogP contribution in [0.25, 0.3) is 11.4 Å². The fraction of sp³-hybridized carbons (Fsp3) is 0.0870. The lowest BCUT2D eigenvalue weighted by molar-refractivity contribution is 0.412. The van der Waals surface area contributed by atoms with Gasteiger partial charge in [-0.3, -0.25) is 0 Å². The van der Waals surface area contributed by atoms with Gasteiger partial charge in [-0.2, -0.15) is 4.98 Å². The lowest BCUT2D eigenvalue weighted by Crippen LogP contribution is -2.01. The predicted octanol–water partition coefficient (Wildman–Crippen LogP) is 5.72. The van der Waals surface area contributed by atoms with E-state index in [4.69, 9.17) is 4.74 Å². The van der Waals surface area contributed by atoms with E-state index in [-0.39, 0.29) is 5.82 Å². The summed E-state index contributed by atoms with van der Waals surface area (Å²) in [5.41, 5.74) is 2.66. The number of hydrogen-bond acceptors (Lipinski definition) is 6. The maximum atomic E-state index is 13.5. The Kier molecular flexibility index (Phi) is 6.20. The van der Waals surface area contributed by atoms with E-state index in [1.807, 2.05) is 30.3 Å². The number of halogens is 1. The van der Waals surface area contributed by atoms with Crippen molar-refractivity contribution in [2.75, 3.05) is 12.4 Å². The summed E-state index contributed by atoms with van der Waals surface area (Å²) in [6.07, 6.45) is 1.42. The number of ether oxygens (including phenoxy) is 1. The van der Waals surface area contributed by atoms with Crippen molar-refractivity contribution in [2.45, 2.75) is 10.6 Å². The third-order valence-electron chi connectivity index (χ3n) is 4.31. The summed E-state index contributed by atoms with van der Waals surface area (Å²) in [5, 5.41) is 3.22. The third kappa shape index (κ3) is 4.93. The molecule has 3 aromatic carbocycles. The van der Waals surface area contributed by atoms with Gasteiger partial charge in [0, 0.05) is 22.4 Å². The van der Waals surface area contributed by atoms with Crippen molar-refractivity contribution in [3.63, 3.8) is 0 Å². The highest BCUT2D eigenvalue weighted by Crippen LogP contribution is 2.29. The summed E-state index contributed by atoms with van der Waals surface area (Å²) in [6.45, 7) is 0. The maximum Gasteiger partial charge on any atom is 0.230 e. The lowest BCUT2D eigenvalue weighted by Gasteiger charge is -2.10. The Morgan fingerprint density at radius 2 is 1.83 bits per heavy atom. The summed E-state index contributed by atoms with van der Waals surface area (Å²) in [5.74, 6) is 1.65. The molecule has 1 aromatic heterocycles. The summed E-state index contributed by atoms with van der Waals surface area (Å²) >= 11 is 1.78. The third-order valence-corrected chi connectivity index (χ3v) is 5.39. The zero-order valence-corrected chi connectivity index (χ0v) is 17.1. The van der Waals surface area contributed by atoms with Crippen LogP contribution in [-0.4, -0.2) is 22.1 Å². The van der Waals surface area contributed by atoms with Crippen molar-refractivity contribution in [2.24, 2.45) is 0 Å². The molecular formula is C23H19FN4OS. The van der Waals surface area contributed by atoms with E-state index >= 15 is 0 Å². The van der Waals surface area contributed by atoms with Crippen molar-refractivity contribution in [3.05, 3.63) is 90.5 Å². The zero-order chi connectivity index (χ0) is 20.8. The van der Waals surface area contributed by atoms with Gasteiger partial charge in [0.2, 0.25) is 5.95 Å². The quantitative estimate of drug-likeness (QED) is 0.387. The molecule has 1 heterocycles. The molecule has 0 atom stereocenters. The average molecular weight is 418 g/mol. The van der Waals surface area contributed by atoms with Crippen LogP contribution in [0.5, 0.6) is 5.75 Å². The molecular weight excluding hydrogens is 399 g/mol. The molecule has 0 radical (unpaired) electrons. The molecule has 0 aliphatic rings. The number of nitrogens with zero attached hydrogens (tertiary/aromatic N) is 3. The first-order chi connectivity index (χ1) is 14.7. The van der Waals surface area contributed by atoms with Crippen molar-refractivity contribution >= 4 is 23.4 Å². The fourth-order valence-electron chi connectivity index (χ4n) is 2.89. The molecule has 0 bridgehead atoms. The average Bonchev–Trinajstić information content (AvgIpc) is 2.79. The van der Waals surface area contributed by atoms with E-state index in [9.17, 15) is 4.39 Å². The molecule has 0 spiro atoms. The minimum atomic E-state index is -0.381. The second kappa shape index (κ2) is 9.37. The van der Waals surface area contributed by atoms with Gasteiger partial charge in [0.05, 0.1) is 12.7 Å². The molecule has 0 saturated carbocycles. The van der Waals surface area contributed by atoms with Gasteiger partial charge in [0.25, 0.3) is 0 Å². The van der Waals surface area contributed by atoms with E-state index in [1.165, 1.54) is 36.0 Å². The largest absolute Gasteiger partial charge is 0.496 e. The van der Waals surface area contributed by atoms with Gasteiger partial charge >= 0.3 is 0 Å². The standard InChI is InChI=1S/C23H19FN4OS/c1-29-21-13-17(24)10-11-20(21)22-25-15-26-23(28-22)27-18-7-5-6-16(12-18)14-30-19-8-3-2-4-9-19/h2-13,15H,14H2,1H3,(H,25,26,27,28). The van der Waals surface area contributed by atoms with E-state index in [1.54, 1.807) is 17.8 Å². The number of aromatic nitrogens is 3. The monoisotopic (exact) mass is 418 g/mol. The van der Waals surface area contributed by atoms with Crippen LogP contribution >= 0.6 is 11.8 Å². The van der Waals surface area contributed by atoms with Gasteiger partial charge < -0.3 is 10.1 Å². The minimum absolute atomic E-state index is 0.368. The topological polar surface area (TPSA) is 59.9 Å². The van der Waals surface area contributed by atoms with Crippen LogP contribution in [0.15, 0.2) is 84.0 Å². The van der Waals surface area contributed by atoms with Gasteiger partial charge in [0.15, 0.2) is 5.82 Å². The molecule has 1 N–H and O–H groups in total. The second-order valence-electron chi connectivity index (χ2n) is 6.40. The van der Waals surface area contributed by atoms with Gasteiger partial charge in [-0.05, 0) is 42.0 Å². The highest BCUT2D eigenvalue weighted by Gasteiger charge is 2.11. The Morgan fingerprint density at radius 1 is 0.967 bits per heavy atom. The Morgan fingerprint density at radius 3 is 2.67 bits per heavy atom. The van der Waals surface area contributed by atoms with E-state index < -0.39 is 0 Å². The molecule has 30 heavy (non-hydrogen) atoms. The summed E-state index contributed by atoms with van der Waals surface area (Å²) < 4.78 is 18.7. The van der Waals surface area contributed by atoms with Crippen LogP contribution in [-0.2, 0) is 5.75 Å². The van der Waals surface area contributed by atoms with E-state index in [2.05, 4.69) is 44.5 Å². The highest BCUT2D eigenvalue weighted by molar-refractivity contribution is 7.98. The summed E-state index contributed by atoms with van der Waals surface area (Å²) in [4.78, 5) is 14.1. The maximum absolute atomic E-state index is 13.5. The van der Waals surface area contributed by atoms with Gasteiger partial charge in [0.1, 0.15) is 17.9 Å². The number of methoxy groups -OCH3 is 1. The Balaban J connectivity index is 1.50. The number of rotatable bonds is 7. The normalized spacial score (nSPS) is 10.6. The molecule has 0 unspecified atom stereocenters. The molecule has 0 amide bonds. The summed E-state index contributed by atoms with van der Waals surface area (Å²) in [6, 6.07) is 22.6. The van der Waals surface area contributed by atoms with Crippen molar-refractivity contribution in [1.82, 2.24) is 15.0 Å². The first-order valence-electron chi connectivity index (χ1n) is 9.28. The van der Waals surface area contributed by atoms with Gasteiger partial charge in [-0.1, -0.05) is 30.3 Å². The van der Waals surface area contributed by atoms with Crippen LogP contribution < -0.4 is 10.1 Å². The molecule has 150 valence electrons. The second-order valence-corrected chi connectivity index (χ2v) is 7.45. The number of nitrogens with one attached hydrogen (secondary N) is 1. The van der Waals surface area contributed by atoms with E-state index in [0.29, 0.717) is 23.1 Å². The number of hydrogen-bond donors (Lipinski definition) is 1. The van der Waals surface area contributed by atoms with Crippen LogP contribution in [0.2, 0.25) is 0 Å². The Labute approximate surface area is 178 Å². The molecule has 0 aliphatic heterocycles. The molecule has 0 aliphatic carbocycles. The summed E-state index contributed by atoms with van der Waals surface area (Å²) in [7, 11) is 1.48. The molecule has 4 rings (SSSR count). The Hall–Kier alpha value is -3.45. The van der Waals surface area contributed by atoms with Crippen LogP contribution in [0.3, 0.4) is 0 Å². The fourth-order valence-corrected chi connectivity index (χ4v) is 3.75. The predicted molar refractivity (Wildman–Crippen MR) is 118 cm³/mol. The first-order valence-corrected chi connectivity index (χ1v) is 10.3. The molecule has 0 saturated heterocycles. The lowest BCUT2D eigenvalue weighted by atomic mass is 10.2. The highest BCUT2D eigenvalue weighted by atomic mass is 32.2. The van der Waals surface area contributed by atoms with Crippen LogP contribution in [0.4, 0.5) is 16.0 Å². The van der Waals surface area contributed by atoms with E-state index in [0.717, 1.165) is 11.4 Å². The van der Waals surface area contributed by atoms with Crippen LogP contribution in [0.1, 0.15) is 5.56 Å². The first kappa shape index (κ1) is 19.8. The van der Waals surface area contributed by atoms with Crippen LogP contribution in [0, 0.1) is 5.82 Å². The molecule has 0 fully saturated rings. The van der Waals surface area contributed by atoms with Crippen molar-refractivity contribution < 1.29 is 9.13 Å². The zero-order valence-electron chi connectivity index (χ0n) is 16.2. The Bertz CT molecular complexity index is 1140. The molecule has 5 nitrogen and oxygen atoms in total. The number of benzene rings is 3. The SMILES string of the molecule is COc1cc(F)ccc1-c1ncnc(Nc2cccc(CSc3ccccc3)c2)n1. The molecule has 7 heteroatoms. The minimum Gasteiger partial charge on any atom is -0.496 e. The van der Waals surface area contributed by atoms with Crippen molar-refractivity contribution in [1.29, 1.82) is 0 Å². The number of thioether (sulfide) groups is 1. The van der Waals surface area contributed by atoms with Gasteiger partial charge in [-0.15, -0.1) is 11.8 Å². The smallest absolute Gasteiger partial charge is 0.230 e. The number of anilines is 2. The van der Waals surface area contributed by atoms with Gasteiger partial charge in [-0.25, -0.2) is 14.4 Å². The molecule has 4 aromatic rings.